The number of hydrogen-bond donors (Lipinski definition) is 1. The van der Waals surface area contributed by atoms with Gasteiger partial charge >= 0.3 is 6.18 Å². The van der Waals surface area contributed by atoms with Crippen LogP contribution in [0.3, 0.4) is 0 Å². The second kappa shape index (κ2) is 6.96. The highest BCUT2D eigenvalue weighted by Gasteiger charge is 2.30. The summed E-state index contributed by atoms with van der Waals surface area (Å²) in [5.41, 5.74) is -0.762. The molecular formula is C12H13F3INO. The van der Waals surface area contributed by atoms with Crippen LogP contribution in [0.4, 0.5) is 13.2 Å². The molecule has 0 atom stereocenters. The highest BCUT2D eigenvalue weighted by atomic mass is 127. The Morgan fingerprint density at radius 1 is 1.28 bits per heavy atom. The SMILES string of the molecule is O=C(NCCCCI)c1cccc(C(F)(F)F)c1. The number of halogens is 4. The highest BCUT2D eigenvalue weighted by Crippen LogP contribution is 2.29. The molecule has 18 heavy (non-hydrogen) atoms. The van der Waals surface area contributed by atoms with E-state index >= 15 is 0 Å². The fraction of sp³-hybridized carbons (Fsp3) is 0.417. The minimum absolute atomic E-state index is 0.0410. The van der Waals surface area contributed by atoms with Gasteiger partial charge in [0.25, 0.3) is 5.91 Å². The average Bonchev–Trinajstić information content (AvgIpc) is 2.33. The predicted molar refractivity (Wildman–Crippen MR) is 71.9 cm³/mol. The van der Waals surface area contributed by atoms with Gasteiger partial charge < -0.3 is 5.32 Å². The van der Waals surface area contributed by atoms with Crippen molar-refractivity contribution in [2.45, 2.75) is 19.0 Å². The van der Waals surface area contributed by atoms with Crippen molar-refractivity contribution >= 4 is 28.5 Å². The summed E-state index contributed by atoms with van der Waals surface area (Å²) >= 11 is 2.23. The highest BCUT2D eigenvalue weighted by molar-refractivity contribution is 14.1. The van der Waals surface area contributed by atoms with Gasteiger partial charge in [0.15, 0.2) is 0 Å². The number of rotatable bonds is 5. The van der Waals surface area contributed by atoms with Gasteiger partial charge in [-0.3, -0.25) is 4.79 Å². The van der Waals surface area contributed by atoms with Crippen LogP contribution >= 0.6 is 22.6 Å². The van der Waals surface area contributed by atoms with Crippen molar-refractivity contribution in [3.8, 4) is 0 Å². The minimum Gasteiger partial charge on any atom is -0.352 e. The Bertz CT molecular complexity index is 407. The molecule has 0 aromatic heterocycles. The summed E-state index contributed by atoms with van der Waals surface area (Å²) in [5, 5.41) is 2.60. The molecule has 1 rings (SSSR count). The van der Waals surface area contributed by atoms with Gasteiger partial charge in [0, 0.05) is 12.1 Å². The molecule has 0 heterocycles. The van der Waals surface area contributed by atoms with E-state index in [9.17, 15) is 18.0 Å². The lowest BCUT2D eigenvalue weighted by Gasteiger charge is -2.09. The third-order valence-corrected chi connectivity index (χ3v) is 3.06. The van der Waals surface area contributed by atoms with E-state index in [0.717, 1.165) is 29.4 Å². The standard InChI is InChI=1S/C12H13F3INO/c13-12(14,15)10-5-3-4-9(8-10)11(18)17-7-2-1-6-16/h3-5,8H,1-2,6-7H2,(H,17,18). The number of amides is 1. The van der Waals surface area contributed by atoms with Crippen molar-refractivity contribution in [2.24, 2.45) is 0 Å². The van der Waals surface area contributed by atoms with Crippen molar-refractivity contribution in [1.29, 1.82) is 0 Å². The molecule has 0 aliphatic heterocycles. The first-order chi connectivity index (χ1) is 8.45. The Balaban J connectivity index is 2.63. The van der Waals surface area contributed by atoms with Crippen LogP contribution in [0.5, 0.6) is 0 Å². The zero-order valence-electron chi connectivity index (χ0n) is 9.56. The lowest BCUT2D eigenvalue weighted by molar-refractivity contribution is -0.137. The van der Waals surface area contributed by atoms with Crippen molar-refractivity contribution in [3.05, 3.63) is 35.4 Å². The van der Waals surface area contributed by atoms with E-state index < -0.39 is 17.6 Å². The number of carbonyl (C=O) groups is 1. The molecular weight excluding hydrogens is 358 g/mol. The summed E-state index contributed by atoms with van der Waals surface area (Å²) in [7, 11) is 0. The summed E-state index contributed by atoms with van der Waals surface area (Å²) in [5.74, 6) is -0.463. The molecule has 0 aliphatic carbocycles. The molecule has 0 spiro atoms. The van der Waals surface area contributed by atoms with E-state index in [0.29, 0.717) is 6.54 Å². The van der Waals surface area contributed by atoms with E-state index in [2.05, 4.69) is 27.9 Å². The summed E-state index contributed by atoms with van der Waals surface area (Å²) in [6.07, 6.45) is -2.62. The second-order valence-electron chi connectivity index (χ2n) is 3.73. The number of benzene rings is 1. The van der Waals surface area contributed by atoms with Gasteiger partial charge in [-0.2, -0.15) is 13.2 Å². The van der Waals surface area contributed by atoms with Gasteiger partial charge in [-0.05, 0) is 35.5 Å². The molecule has 6 heteroatoms. The van der Waals surface area contributed by atoms with E-state index in [-0.39, 0.29) is 5.56 Å². The normalized spacial score (nSPS) is 11.3. The van der Waals surface area contributed by atoms with Crippen molar-refractivity contribution < 1.29 is 18.0 Å². The van der Waals surface area contributed by atoms with Gasteiger partial charge in [0.05, 0.1) is 5.56 Å². The molecule has 0 saturated heterocycles. The number of hydrogen-bond acceptors (Lipinski definition) is 1. The van der Waals surface area contributed by atoms with Gasteiger partial charge in [0.2, 0.25) is 0 Å². The van der Waals surface area contributed by atoms with Crippen LogP contribution in [-0.2, 0) is 6.18 Å². The van der Waals surface area contributed by atoms with Crippen molar-refractivity contribution in [2.75, 3.05) is 11.0 Å². The molecule has 0 fully saturated rings. The van der Waals surface area contributed by atoms with Crippen molar-refractivity contribution in [3.63, 3.8) is 0 Å². The minimum atomic E-state index is -4.42. The first kappa shape index (κ1) is 15.3. The largest absolute Gasteiger partial charge is 0.416 e. The van der Waals surface area contributed by atoms with E-state index in [1.165, 1.54) is 12.1 Å². The first-order valence-electron chi connectivity index (χ1n) is 5.46. The Morgan fingerprint density at radius 3 is 2.61 bits per heavy atom. The van der Waals surface area contributed by atoms with E-state index in [1.54, 1.807) is 0 Å². The monoisotopic (exact) mass is 371 g/mol. The van der Waals surface area contributed by atoms with E-state index in [1.807, 2.05) is 0 Å². The molecule has 0 bridgehead atoms. The van der Waals surface area contributed by atoms with Gasteiger partial charge in [-0.15, -0.1) is 0 Å². The van der Waals surface area contributed by atoms with Gasteiger partial charge in [0.1, 0.15) is 0 Å². The number of nitrogens with one attached hydrogen (secondary N) is 1. The van der Waals surface area contributed by atoms with Crippen LogP contribution < -0.4 is 5.32 Å². The third kappa shape index (κ3) is 4.83. The lowest BCUT2D eigenvalue weighted by atomic mass is 10.1. The molecule has 1 aromatic rings. The maximum absolute atomic E-state index is 12.5. The zero-order chi connectivity index (χ0) is 13.6. The quantitative estimate of drug-likeness (QED) is 0.478. The number of unbranched alkanes of at least 4 members (excludes halogenated alkanes) is 1. The number of carbonyl (C=O) groups excluding carboxylic acids is 1. The smallest absolute Gasteiger partial charge is 0.352 e. The fourth-order valence-electron chi connectivity index (χ4n) is 1.36. The first-order valence-corrected chi connectivity index (χ1v) is 6.99. The summed E-state index contributed by atoms with van der Waals surface area (Å²) in [4.78, 5) is 11.6. The summed E-state index contributed by atoms with van der Waals surface area (Å²) in [6.45, 7) is 0.484. The Morgan fingerprint density at radius 2 is 2.00 bits per heavy atom. The van der Waals surface area contributed by atoms with Crippen LogP contribution in [0.2, 0.25) is 0 Å². The molecule has 0 radical (unpaired) electrons. The van der Waals surface area contributed by atoms with Crippen molar-refractivity contribution in [1.82, 2.24) is 5.32 Å². The van der Waals surface area contributed by atoms with Crippen LogP contribution in [0.25, 0.3) is 0 Å². The molecule has 1 N–H and O–H groups in total. The molecule has 2 nitrogen and oxygen atoms in total. The Hall–Kier alpha value is -0.790. The van der Waals surface area contributed by atoms with Gasteiger partial charge in [-0.1, -0.05) is 28.7 Å². The Labute approximate surface area is 117 Å². The van der Waals surface area contributed by atoms with E-state index in [4.69, 9.17) is 0 Å². The maximum Gasteiger partial charge on any atom is 0.416 e. The maximum atomic E-state index is 12.5. The molecule has 1 aromatic carbocycles. The van der Waals surface area contributed by atoms with Crippen LogP contribution in [0, 0.1) is 0 Å². The molecule has 100 valence electrons. The average molecular weight is 371 g/mol. The predicted octanol–water partition coefficient (Wildman–Crippen LogP) is 3.65. The summed E-state index contributed by atoms with van der Waals surface area (Å²) in [6, 6.07) is 4.44. The van der Waals surface area contributed by atoms with Gasteiger partial charge in [-0.25, -0.2) is 0 Å². The number of alkyl halides is 4. The summed E-state index contributed by atoms with van der Waals surface area (Å²) < 4.78 is 38.4. The lowest BCUT2D eigenvalue weighted by Crippen LogP contribution is -2.24. The Kier molecular flexibility index (Phi) is 5.90. The van der Waals surface area contributed by atoms with Crippen LogP contribution in [0.15, 0.2) is 24.3 Å². The molecule has 1 amide bonds. The van der Waals surface area contributed by atoms with Crippen LogP contribution in [0.1, 0.15) is 28.8 Å². The molecule has 0 saturated carbocycles. The second-order valence-corrected chi connectivity index (χ2v) is 4.81. The third-order valence-electron chi connectivity index (χ3n) is 2.30. The molecule has 0 aliphatic rings. The topological polar surface area (TPSA) is 29.1 Å². The fourth-order valence-corrected chi connectivity index (χ4v) is 1.90. The molecule has 0 unspecified atom stereocenters. The van der Waals surface area contributed by atoms with Crippen LogP contribution in [-0.4, -0.2) is 16.9 Å². The zero-order valence-corrected chi connectivity index (χ0v) is 11.7.